The molecule has 0 saturated heterocycles. The Labute approximate surface area is 180 Å². The summed E-state index contributed by atoms with van der Waals surface area (Å²) in [5.41, 5.74) is 2.66. The number of Topliss-reactive ketones (excluding diaryl/α,β-unsaturated/α-hetero) is 1. The van der Waals surface area contributed by atoms with Crippen molar-refractivity contribution in [2.45, 2.75) is 58.8 Å². The Morgan fingerprint density at radius 2 is 1.70 bits per heavy atom. The van der Waals surface area contributed by atoms with Gasteiger partial charge in [0.05, 0.1) is 0 Å². The predicted octanol–water partition coefficient (Wildman–Crippen LogP) is 5.45. The van der Waals surface area contributed by atoms with E-state index in [2.05, 4.69) is 56.1 Å². The van der Waals surface area contributed by atoms with Gasteiger partial charge in [-0.2, -0.15) is 0 Å². The quantitative estimate of drug-likeness (QED) is 0.671. The van der Waals surface area contributed by atoms with E-state index in [9.17, 15) is 9.59 Å². The van der Waals surface area contributed by atoms with Crippen LogP contribution < -0.4 is 4.90 Å². The summed E-state index contributed by atoms with van der Waals surface area (Å²) in [4.78, 5) is 27.6. The highest BCUT2D eigenvalue weighted by Crippen LogP contribution is 2.65. The molecule has 1 unspecified atom stereocenters. The summed E-state index contributed by atoms with van der Waals surface area (Å²) in [5.74, 6) is 2.98. The van der Waals surface area contributed by atoms with Crippen molar-refractivity contribution in [2.24, 2.45) is 34.5 Å². The molecule has 0 bridgehead atoms. The Balaban J connectivity index is 1.50. The summed E-state index contributed by atoms with van der Waals surface area (Å²) in [5, 5.41) is 0. The minimum atomic E-state index is -0.0981. The average Bonchev–Trinajstić information content (AvgIpc) is 3.05. The topological polar surface area (TPSA) is 37.4 Å². The molecule has 0 radical (unpaired) electrons. The Kier molecular flexibility index (Phi) is 4.72. The van der Waals surface area contributed by atoms with Crippen molar-refractivity contribution in [1.29, 1.82) is 0 Å². The molecule has 0 heterocycles. The van der Waals surface area contributed by atoms with Crippen LogP contribution in [0.3, 0.4) is 0 Å². The molecule has 3 fully saturated rings. The molecule has 0 N–H and O–H groups in total. The van der Waals surface area contributed by atoms with Gasteiger partial charge in [-0.15, -0.1) is 0 Å². The van der Waals surface area contributed by atoms with E-state index in [-0.39, 0.29) is 10.8 Å². The van der Waals surface area contributed by atoms with Crippen LogP contribution in [0.4, 0.5) is 5.69 Å². The predicted molar refractivity (Wildman–Crippen MR) is 120 cm³/mol. The van der Waals surface area contributed by atoms with Gasteiger partial charge in [0.2, 0.25) is 0 Å². The second kappa shape index (κ2) is 7.07. The van der Waals surface area contributed by atoms with Crippen LogP contribution in [-0.2, 0) is 9.59 Å². The molecule has 6 atom stereocenters. The third-order valence-electron chi connectivity index (χ3n) is 9.52. The maximum Gasteiger partial charge on any atom is 0.155 e. The van der Waals surface area contributed by atoms with Crippen molar-refractivity contribution < 1.29 is 9.59 Å². The average molecular weight is 406 g/mol. The second-order valence-electron chi connectivity index (χ2n) is 10.9. The zero-order valence-corrected chi connectivity index (χ0v) is 18.7. The maximum atomic E-state index is 12.8. The van der Waals surface area contributed by atoms with Crippen molar-refractivity contribution >= 4 is 17.3 Å². The monoisotopic (exact) mass is 405 g/mol. The highest BCUT2D eigenvalue weighted by molar-refractivity contribution is 5.92. The van der Waals surface area contributed by atoms with E-state index in [4.69, 9.17) is 0 Å². The van der Waals surface area contributed by atoms with Gasteiger partial charge in [0.25, 0.3) is 0 Å². The number of carbonyl (C=O) groups excluding carboxylic acids is 2. The van der Waals surface area contributed by atoms with E-state index in [1.807, 2.05) is 6.08 Å². The van der Waals surface area contributed by atoms with Crippen molar-refractivity contribution in [3.05, 3.63) is 42.0 Å². The number of para-hydroxylation sites is 1. The lowest BCUT2D eigenvalue weighted by Gasteiger charge is -2.59. The molecule has 4 aliphatic carbocycles. The molecule has 160 valence electrons. The fourth-order valence-electron chi connectivity index (χ4n) is 7.85. The van der Waals surface area contributed by atoms with Crippen LogP contribution in [0.15, 0.2) is 42.0 Å². The second-order valence-corrected chi connectivity index (χ2v) is 10.9. The summed E-state index contributed by atoms with van der Waals surface area (Å²) in [7, 11) is 2.17. The van der Waals surface area contributed by atoms with E-state index >= 15 is 0 Å². The number of anilines is 1. The summed E-state index contributed by atoms with van der Waals surface area (Å²) in [6.07, 6.45) is 8.87. The van der Waals surface area contributed by atoms with Gasteiger partial charge in [-0.3, -0.25) is 9.59 Å². The number of fused-ring (bicyclic) bond motifs is 5. The van der Waals surface area contributed by atoms with Crippen LogP contribution in [0.25, 0.3) is 0 Å². The van der Waals surface area contributed by atoms with Gasteiger partial charge < -0.3 is 4.90 Å². The summed E-state index contributed by atoms with van der Waals surface area (Å²) in [6, 6.07) is 10.6. The molecule has 3 nitrogen and oxygen atoms in total. The van der Waals surface area contributed by atoms with Crippen LogP contribution in [-0.4, -0.2) is 25.2 Å². The third kappa shape index (κ3) is 2.92. The molecule has 30 heavy (non-hydrogen) atoms. The molecule has 5 rings (SSSR count). The molecule has 4 aliphatic rings. The number of carbonyl (C=O) groups is 2. The normalized spacial score (nSPS) is 40.3. The zero-order chi connectivity index (χ0) is 21.1. The van der Waals surface area contributed by atoms with Gasteiger partial charge >= 0.3 is 0 Å². The largest absolute Gasteiger partial charge is 0.374 e. The number of nitrogens with zero attached hydrogens (tertiary/aromatic N) is 1. The van der Waals surface area contributed by atoms with Crippen LogP contribution in [0.1, 0.15) is 58.8 Å². The minimum absolute atomic E-state index is 0.0981. The maximum absolute atomic E-state index is 12.8. The minimum Gasteiger partial charge on any atom is -0.374 e. The van der Waals surface area contributed by atoms with Crippen molar-refractivity contribution in [3.8, 4) is 0 Å². The van der Waals surface area contributed by atoms with E-state index in [1.54, 1.807) is 0 Å². The fraction of sp³-hybridized carbons (Fsp3) is 0.630. The number of ketones is 2. The van der Waals surface area contributed by atoms with Crippen molar-refractivity contribution in [1.82, 2.24) is 0 Å². The van der Waals surface area contributed by atoms with E-state index in [1.165, 1.54) is 11.3 Å². The number of hydrogen-bond acceptors (Lipinski definition) is 3. The van der Waals surface area contributed by atoms with Crippen LogP contribution in [0.5, 0.6) is 0 Å². The SMILES string of the molecule is CN(CC1C[C@@H]2[C@H](CC[C@]3(C)C(=O)CC[C@@H]23)[C@@]2(C)CCC(=O)C=C12)c1ccccc1. The number of hydrogen-bond donors (Lipinski definition) is 0. The molecule has 1 aromatic carbocycles. The highest BCUT2D eigenvalue weighted by atomic mass is 16.1. The molecule has 3 saturated carbocycles. The molecule has 0 aliphatic heterocycles. The fourth-order valence-corrected chi connectivity index (χ4v) is 7.85. The molecule has 3 heteroatoms. The first-order chi connectivity index (χ1) is 14.3. The summed E-state index contributed by atoms with van der Waals surface area (Å²) >= 11 is 0. The number of rotatable bonds is 3. The van der Waals surface area contributed by atoms with Crippen molar-refractivity contribution in [3.63, 3.8) is 0 Å². The zero-order valence-electron chi connectivity index (χ0n) is 18.7. The first kappa shape index (κ1) is 20.0. The Morgan fingerprint density at radius 1 is 0.967 bits per heavy atom. The highest BCUT2D eigenvalue weighted by Gasteiger charge is 2.60. The molecular formula is C27H35NO2. The standard InChI is InChI=1S/C27H35NO2/c1-26-13-11-20(29)16-24(26)18(17-28(3)19-7-5-4-6-8-19)15-21-22-9-10-25(30)27(22,2)14-12-23(21)26/h4-8,16,18,21-23H,9-15,17H2,1-3H3/t18?,21-,22-,23-,26+,27-/m0/s1. The lowest BCUT2D eigenvalue weighted by Crippen LogP contribution is -2.54. The van der Waals surface area contributed by atoms with Crippen molar-refractivity contribution in [2.75, 3.05) is 18.5 Å². The lowest BCUT2D eigenvalue weighted by atomic mass is 9.45. The smallest absolute Gasteiger partial charge is 0.155 e. The Bertz CT molecular complexity index is 889. The first-order valence-electron chi connectivity index (χ1n) is 11.9. The van der Waals surface area contributed by atoms with Gasteiger partial charge in [0, 0.05) is 37.5 Å². The van der Waals surface area contributed by atoms with E-state index in [0.717, 1.165) is 45.1 Å². The molecular weight excluding hydrogens is 370 g/mol. The Morgan fingerprint density at radius 3 is 2.47 bits per heavy atom. The Hall–Kier alpha value is -1.90. The third-order valence-corrected chi connectivity index (χ3v) is 9.52. The van der Waals surface area contributed by atoms with Gasteiger partial charge in [-0.05, 0) is 79.4 Å². The lowest BCUT2D eigenvalue weighted by molar-refractivity contribution is -0.133. The molecule has 0 amide bonds. The molecule has 1 aromatic rings. The van der Waals surface area contributed by atoms with E-state index < -0.39 is 0 Å². The summed E-state index contributed by atoms with van der Waals surface area (Å²) in [6.45, 7) is 5.64. The number of benzene rings is 1. The molecule has 0 spiro atoms. The van der Waals surface area contributed by atoms with Gasteiger partial charge in [-0.1, -0.05) is 37.6 Å². The van der Waals surface area contributed by atoms with Gasteiger partial charge in [0.1, 0.15) is 5.78 Å². The van der Waals surface area contributed by atoms with Gasteiger partial charge in [-0.25, -0.2) is 0 Å². The van der Waals surface area contributed by atoms with Crippen LogP contribution >= 0.6 is 0 Å². The first-order valence-corrected chi connectivity index (χ1v) is 11.9. The van der Waals surface area contributed by atoms with Gasteiger partial charge in [0.15, 0.2) is 5.78 Å². The summed E-state index contributed by atoms with van der Waals surface area (Å²) < 4.78 is 0. The van der Waals surface area contributed by atoms with Crippen LogP contribution in [0, 0.1) is 34.5 Å². The van der Waals surface area contributed by atoms with E-state index in [0.29, 0.717) is 41.7 Å². The molecule has 0 aromatic heterocycles. The van der Waals surface area contributed by atoms with Crippen LogP contribution in [0.2, 0.25) is 0 Å².